The summed E-state index contributed by atoms with van der Waals surface area (Å²) in [6.45, 7) is -0.381. The molecule has 1 aromatic rings. The van der Waals surface area contributed by atoms with Gasteiger partial charge in [-0.3, -0.25) is 10.1 Å². The fourth-order valence-corrected chi connectivity index (χ4v) is 1.09. The monoisotopic (exact) mass is 192 g/mol. The quantitative estimate of drug-likeness (QED) is 0.241. The molecule has 0 N–H and O–H groups in total. The van der Waals surface area contributed by atoms with Gasteiger partial charge in [0.25, 0.3) is 0 Å². The summed E-state index contributed by atoms with van der Waals surface area (Å²) < 4.78 is 0. The highest BCUT2D eigenvalue weighted by Crippen LogP contribution is 2.16. The van der Waals surface area contributed by atoms with Crippen molar-refractivity contribution in [3.63, 3.8) is 0 Å². The van der Waals surface area contributed by atoms with E-state index in [1.165, 1.54) is 0 Å². The molecular formula is C8H8N4O2. The highest BCUT2D eigenvalue weighted by Gasteiger charge is 2.14. The lowest BCUT2D eigenvalue weighted by Crippen LogP contribution is -2.09. The standard InChI is InChI=1S/C8H8N4O2/c9-11-10-8(6-12(13)14)7-4-2-1-3-5-7/h1-5,8H,6H2. The largest absolute Gasteiger partial charge is 0.265 e. The molecular weight excluding hydrogens is 184 g/mol. The molecule has 0 spiro atoms. The predicted molar refractivity (Wildman–Crippen MR) is 50.2 cm³/mol. The number of hydrogen-bond acceptors (Lipinski definition) is 3. The van der Waals surface area contributed by atoms with Gasteiger partial charge in [-0.2, -0.15) is 0 Å². The van der Waals surface area contributed by atoms with Crippen molar-refractivity contribution in [1.29, 1.82) is 0 Å². The molecule has 0 amide bonds. The van der Waals surface area contributed by atoms with E-state index in [0.29, 0.717) is 5.56 Å². The van der Waals surface area contributed by atoms with Crippen LogP contribution in [0.1, 0.15) is 11.6 Å². The van der Waals surface area contributed by atoms with Crippen LogP contribution < -0.4 is 0 Å². The van der Waals surface area contributed by atoms with Gasteiger partial charge in [0, 0.05) is 9.84 Å². The number of hydrogen-bond donors (Lipinski definition) is 0. The van der Waals surface area contributed by atoms with Gasteiger partial charge >= 0.3 is 0 Å². The number of nitro groups is 1. The molecule has 0 aliphatic heterocycles. The van der Waals surface area contributed by atoms with E-state index in [1.54, 1.807) is 30.3 Å². The van der Waals surface area contributed by atoms with Gasteiger partial charge in [-0.15, -0.1) is 0 Å². The summed E-state index contributed by atoms with van der Waals surface area (Å²) in [5.41, 5.74) is 8.90. The summed E-state index contributed by atoms with van der Waals surface area (Å²) >= 11 is 0. The third-order valence-corrected chi connectivity index (χ3v) is 1.70. The molecule has 0 aliphatic rings. The Morgan fingerprint density at radius 3 is 2.64 bits per heavy atom. The fourth-order valence-electron chi connectivity index (χ4n) is 1.09. The lowest BCUT2D eigenvalue weighted by atomic mass is 10.1. The van der Waals surface area contributed by atoms with E-state index < -0.39 is 11.0 Å². The molecule has 0 bridgehead atoms. The molecule has 0 fully saturated rings. The first-order chi connectivity index (χ1) is 6.74. The third-order valence-electron chi connectivity index (χ3n) is 1.70. The van der Waals surface area contributed by atoms with Crippen molar-refractivity contribution in [2.75, 3.05) is 6.54 Å². The van der Waals surface area contributed by atoms with Gasteiger partial charge in [0.15, 0.2) is 0 Å². The van der Waals surface area contributed by atoms with Crippen LogP contribution in [0, 0.1) is 10.1 Å². The van der Waals surface area contributed by atoms with Crippen LogP contribution in [0.3, 0.4) is 0 Å². The Balaban J connectivity index is 2.88. The highest BCUT2D eigenvalue weighted by molar-refractivity contribution is 5.18. The fraction of sp³-hybridized carbons (Fsp3) is 0.250. The van der Waals surface area contributed by atoms with E-state index in [0.717, 1.165) is 0 Å². The first-order valence-corrected chi connectivity index (χ1v) is 3.95. The Morgan fingerprint density at radius 1 is 1.50 bits per heavy atom. The highest BCUT2D eigenvalue weighted by atomic mass is 16.6. The van der Waals surface area contributed by atoms with Crippen molar-refractivity contribution in [2.45, 2.75) is 6.04 Å². The van der Waals surface area contributed by atoms with E-state index >= 15 is 0 Å². The summed E-state index contributed by atoms with van der Waals surface area (Å²) in [5.74, 6) is 0. The van der Waals surface area contributed by atoms with Gasteiger partial charge < -0.3 is 0 Å². The molecule has 6 heteroatoms. The average Bonchev–Trinajstić information content (AvgIpc) is 2.18. The Kier molecular flexibility index (Phi) is 3.46. The van der Waals surface area contributed by atoms with Crippen molar-refractivity contribution in [2.24, 2.45) is 5.11 Å². The summed E-state index contributed by atoms with van der Waals surface area (Å²) in [6.07, 6.45) is 0. The van der Waals surface area contributed by atoms with E-state index in [9.17, 15) is 10.1 Å². The minimum atomic E-state index is -0.726. The van der Waals surface area contributed by atoms with E-state index in [1.807, 2.05) is 0 Å². The lowest BCUT2D eigenvalue weighted by Gasteiger charge is -2.05. The molecule has 0 heterocycles. The second kappa shape index (κ2) is 4.84. The van der Waals surface area contributed by atoms with Crippen LogP contribution in [0.4, 0.5) is 0 Å². The van der Waals surface area contributed by atoms with Crippen LogP contribution in [0.5, 0.6) is 0 Å². The smallest absolute Gasteiger partial charge is 0.216 e. The van der Waals surface area contributed by atoms with Crippen molar-refractivity contribution in [1.82, 2.24) is 0 Å². The molecule has 1 rings (SSSR count). The molecule has 14 heavy (non-hydrogen) atoms. The molecule has 72 valence electrons. The van der Waals surface area contributed by atoms with Crippen molar-refractivity contribution >= 4 is 0 Å². The topological polar surface area (TPSA) is 91.9 Å². The van der Waals surface area contributed by atoms with E-state index in [2.05, 4.69) is 10.0 Å². The number of nitrogens with zero attached hydrogens (tertiary/aromatic N) is 4. The molecule has 1 unspecified atom stereocenters. The lowest BCUT2D eigenvalue weighted by molar-refractivity contribution is -0.483. The molecule has 0 aliphatic carbocycles. The van der Waals surface area contributed by atoms with Crippen LogP contribution in [-0.4, -0.2) is 11.5 Å². The molecule has 0 saturated heterocycles. The van der Waals surface area contributed by atoms with E-state index in [4.69, 9.17) is 5.53 Å². The Labute approximate surface area is 79.9 Å². The summed E-state index contributed by atoms with van der Waals surface area (Å²) in [7, 11) is 0. The molecule has 1 atom stereocenters. The van der Waals surface area contributed by atoms with Gasteiger partial charge in [0.1, 0.15) is 6.04 Å². The normalized spacial score (nSPS) is 11.4. The zero-order valence-electron chi connectivity index (χ0n) is 7.28. The van der Waals surface area contributed by atoms with Gasteiger partial charge in [-0.05, 0) is 11.1 Å². The summed E-state index contributed by atoms with van der Waals surface area (Å²) in [4.78, 5) is 12.4. The summed E-state index contributed by atoms with van der Waals surface area (Å²) in [6, 6.07) is 7.95. The number of benzene rings is 1. The molecule has 0 radical (unpaired) electrons. The summed E-state index contributed by atoms with van der Waals surface area (Å²) in [5, 5.41) is 13.7. The van der Waals surface area contributed by atoms with Crippen LogP contribution in [-0.2, 0) is 0 Å². The van der Waals surface area contributed by atoms with Crippen molar-refractivity contribution < 1.29 is 4.92 Å². The minimum absolute atomic E-state index is 0.381. The third kappa shape index (κ3) is 2.76. The van der Waals surface area contributed by atoms with E-state index in [-0.39, 0.29) is 6.54 Å². The van der Waals surface area contributed by atoms with Crippen LogP contribution in [0.25, 0.3) is 10.4 Å². The molecule has 0 saturated carbocycles. The first-order valence-electron chi connectivity index (χ1n) is 3.95. The first kappa shape index (κ1) is 10.0. The molecule has 1 aromatic carbocycles. The number of rotatable bonds is 4. The maximum Gasteiger partial charge on any atom is 0.216 e. The van der Waals surface area contributed by atoms with Crippen LogP contribution >= 0.6 is 0 Å². The Morgan fingerprint density at radius 2 is 2.14 bits per heavy atom. The molecule has 0 aromatic heterocycles. The zero-order valence-corrected chi connectivity index (χ0v) is 7.28. The van der Waals surface area contributed by atoms with Crippen LogP contribution in [0.15, 0.2) is 35.4 Å². The average molecular weight is 192 g/mol. The second-order valence-corrected chi connectivity index (χ2v) is 2.65. The van der Waals surface area contributed by atoms with Gasteiger partial charge in [-0.1, -0.05) is 35.4 Å². The predicted octanol–water partition coefficient (Wildman–Crippen LogP) is 2.31. The Hall–Kier alpha value is -2.07. The van der Waals surface area contributed by atoms with Gasteiger partial charge in [-0.25, -0.2) is 0 Å². The van der Waals surface area contributed by atoms with Gasteiger partial charge in [0.05, 0.1) is 0 Å². The second-order valence-electron chi connectivity index (χ2n) is 2.65. The van der Waals surface area contributed by atoms with Crippen molar-refractivity contribution in [3.05, 3.63) is 56.5 Å². The number of azide groups is 1. The molecule has 6 nitrogen and oxygen atoms in total. The SMILES string of the molecule is [N-]=[N+]=NC(C[N+](=O)[O-])c1ccccc1. The Bertz CT molecular complexity index is 359. The minimum Gasteiger partial charge on any atom is -0.265 e. The zero-order chi connectivity index (χ0) is 10.4. The maximum absolute atomic E-state index is 10.3. The van der Waals surface area contributed by atoms with Crippen LogP contribution in [0.2, 0.25) is 0 Å². The van der Waals surface area contributed by atoms with Gasteiger partial charge in [0.2, 0.25) is 6.54 Å². The van der Waals surface area contributed by atoms with Crippen molar-refractivity contribution in [3.8, 4) is 0 Å². The maximum atomic E-state index is 10.3.